The van der Waals surface area contributed by atoms with Gasteiger partial charge in [-0.15, -0.1) is 0 Å². The molecular formula is C9H9F9MoO9-6. The maximum Gasteiger partial charge on any atom is 0.430 e. The Kier molecular flexibility index (Phi) is 36.0. The average molecular weight is 528 g/mol. The molecule has 0 aliphatic rings. The van der Waals surface area contributed by atoms with Crippen LogP contribution >= 0.6 is 0 Å². The number of rotatable bonds is 0. The average Bonchev–Trinajstić information content (AvgIpc) is 2.51. The summed E-state index contributed by atoms with van der Waals surface area (Å²) in [6.07, 6.45) is -15.6. The van der Waals surface area contributed by atoms with Crippen LogP contribution in [0.5, 0.6) is 0 Å². The predicted molar refractivity (Wildman–Crippen MR) is 57.9 cm³/mol. The van der Waals surface area contributed by atoms with Crippen molar-refractivity contribution >= 4 is 38.3 Å². The third kappa shape index (κ3) is 49.5. The molecule has 9 nitrogen and oxygen atoms in total. The van der Waals surface area contributed by atoms with Crippen LogP contribution in [0.4, 0.5) is 39.5 Å². The van der Waals surface area contributed by atoms with Gasteiger partial charge >= 0.3 is 18.5 Å². The fourth-order valence-corrected chi connectivity index (χ4v) is 0. The molecule has 0 saturated heterocycles. The zero-order valence-electron chi connectivity index (χ0n) is 15.6. The zero-order chi connectivity index (χ0) is 24.2. The summed E-state index contributed by atoms with van der Waals surface area (Å²) in [5.74, 6) is -9.02. The van der Waals surface area contributed by atoms with Gasteiger partial charge in [0.05, 0.1) is 0 Å². The first-order valence-corrected chi connectivity index (χ1v) is 4.54. The fourth-order valence-electron chi connectivity index (χ4n) is 0. The number of carboxylic acid groups (broad SMARTS) is 3. The van der Waals surface area contributed by atoms with Crippen LogP contribution in [0, 0.1) is 0 Å². The van der Waals surface area contributed by atoms with Crippen molar-refractivity contribution in [1.82, 2.24) is 0 Å². The van der Waals surface area contributed by atoms with Crippen LogP contribution in [0.25, 0.3) is 0 Å². The molecule has 0 aliphatic heterocycles. The largest absolute Gasteiger partial charge is 1.00 e. The van der Waals surface area contributed by atoms with Crippen molar-refractivity contribution in [2.45, 2.75) is 18.5 Å². The van der Waals surface area contributed by atoms with Crippen LogP contribution < -0.4 is 15.3 Å². The van der Waals surface area contributed by atoms with E-state index in [1.54, 1.807) is 0 Å². The van der Waals surface area contributed by atoms with E-state index in [-0.39, 0.29) is 25.3 Å². The van der Waals surface area contributed by atoms with Gasteiger partial charge in [0.15, 0.2) is 0 Å². The van der Waals surface area contributed by atoms with E-state index < -0.39 is 36.4 Å². The van der Waals surface area contributed by atoms with Gasteiger partial charge in [0, 0.05) is 21.1 Å². The summed E-state index contributed by atoms with van der Waals surface area (Å²) in [7, 11) is 0. The van der Waals surface area contributed by atoms with Gasteiger partial charge in [-0.1, -0.05) is 0 Å². The Morgan fingerprint density at radius 3 is 0.536 bits per heavy atom. The smallest absolute Gasteiger partial charge is 0.430 e. The second-order valence-corrected chi connectivity index (χ2v) is 2.36. The van der Waals surface area contributed by atoms with Crippen molar-refractivity contribution in [3.63, 3.8) is 0 Å². The monoisotopic (exact) mass is 530 g/mol. The van der Waals surface area contributed by atoms with E-state index in [2.05, 4.69) is 0 Å². The van der Waals surface area contributed by atoms with Crippen molar-refractivity contribution in [3.05, 3.63) is 0 Å². The molecule has 0 aromatic carbocycles. The first kappa shape index (κ1) is 44.7. The van der Waals surface area contributed by atoms with Crippen LogP contribution in [-0.4, -0.2) is 56.8 Å². The fraction of sp³-hybridized carbons (Fsp3) is 0.333. The van der Waals surface area contributed by atoms with Crippen LogP contribution in [0.3, 0.4) is 0 Å². The van der Waals surface area contributed by atoms with Crippen molar-refractivity contribution in [3.8, 4) is 0 Å². The summed E-state index contributed by atoms with van der Waals surface area (Å²) >= 11 is 0. The molecule has 0 aliphatic carbocycles. The molecule has 0 radical (unpaired) electrons. The van der Waals surface area contributed by atoms with Crippen LogP contribution in [-0.2, 0) is 49.8 Å². The summed E-state index contributed by atoms with van der Waals surface area (Å²) in [4.78, 5) is 50.4. The number of carbonyl (C=O) groups excluding carboxylic acids is 6. The Hall–Kier alpha value is -2.52. The minimum absolute atomic E-state index is 0. The quantitative estimate of drug-likeness (QED) is 0.247. The molecule has 28 heavy (non-hydrogen) atoms. The molecule has 0 unspecified atom stereocenters. The Morgan fingerprint density at radius 2 is 0.536 bits per heavy atom. The van der Waals surface area contributed by atoms with E-state index in [1.807, 2.05) is 20.4 Å². The molecule has 174 valence electrons. The molecule has 0 bridgehead atoms. The van der Waals surface area contributed by atoms with Crippen LogP contribution in [0.2, 0.25) is 0 Å². The van der Waals surface area contributed by atoms with Gasteiger partial charge in [-0.3, -0.25) is 0 Å². The normalized spacial score (nSPS) is 8.89. The predicted octanol–water partition coefficient (Wildman–Crippen LogP) is -2.32. The molecule has 0 saturated carbocycles. The number of hydrogen-bond acceptors (Lipinski definition) is 9. The van der Waals surface area contributed by atoms with Gasteiger partial charge in [0.25, 0.3) is 0 Å². The molecular weight excluding hydrogens is 519 g/mol. The van der Waals surface area contributed by atoms with Gasteiger partial charge in [0.1, 0.15) is 38.3 Å². The number of aliphatic carboxylic acids is 3. The zero-order valence-corrected chi connectivity index (χ0v) is 14.6. The van der Waals surface area contributed by atoms with Crippen molar-refractivity contribution in [2.75, 3.05) is 0 Å². The molecule has 0 aromatic rings. The molecule has 0 fully saturated rings. The topological polar surface area (TPSA) is 172 Å². The van der Waals surface area contributed by atoms with E-state index >= 15 is 0 Å². The van der Waals surface area contributed by atoms with E-state index in [9.17, 15) is 39.5 Å². The minimum Gasteiger partial charge on any atom is -1.00 e. The minimum atomic E-state index is -5.19. The third-order valence-electron chi connectivity index (χ3n) is 0.694. The molecule has 0 rings (SSSR count). The maximum absolute atomic E-state index is 10.5. The SMILES string of the molecule is C=O.C=O.C=O.O=C([O-])C(F)(F)F.O=C([O-])C(F)(F)F.O=C([O-])C(F)(F)F.[H-].[H-].[H-].[Mo]. The Bertz CT molecular complexity index is 373. The van der Waals surface area contributed by atoms with Gasteiger partial charge < -0.3 is 48.4 Å². The van der Waals surface area contributed by atoms with Crippen molar-refractivity contribution in [1.29, 1.82) is 0 Å². The summed E-state index contributed by atoms with van der Waals surface area (Å²) < 4.78 is 94.6. The molecule has 0 heterocycles. The second-order valence-electron chi connectivity index (χ2n) is 2.36. The molecule has 19 heteroatoms. The van der Waals surface area contributed by atoms with Gasteiger partial charge in [-0.2, -0.15) is 39.5 Å². The number of hydrogen-bond donors (Lipinski definition) is 0. The summed E-state index contributed by atoms with van der Waals surface area (Å²) in [6.45, 7) is 6.00. The van der Waals surface area contributed by atoms with Crippen LogP contribution in [0.1, 0.15) is 4.28 Å². The summed E-state index contributed by atoms with van der Waals surface area (Å²) in [5.41, 5.74) is 0. The molecule has 0 aromatic heterocycles. The number of carboxylic acids is 3. The Balaban J connectivity index is -0.0000000224. The maximum atomic E-state index is 10.5. The van der Waals surface area contributed by atoms with E-state index in [4.69, 9.17) is 44.1 Å². The standard InChI is InChI=1S/3C2HF3O2.3CH2O.Mo.3H/c3*3-2(4,5)1(6)7;3*1-2;;;;/h3*(H,6,7);3*1H2;;;;/q;;;;;;;3*-1/p-3. The van der Waals surface area contributed by atoms with E-state index in [1.165, 1.54) is 0 Å². The number of halogens is 9. The van der Waals surface area contributed by atoms with Crippen molar-refractivity contribution < 1.29 is 109 Å². The van der Waals surface area contributed by atoms with E-state index in [0.29, 0.717) is 0 Å². The van der Waals surface area contributed by atoms with Gasteiger partial charge in [-0.05, 0) is 0 Å². The first-order valence-electron chi connectivity index (χ1n) is 4.54. The molecule has 0 atom stereocenters. The molecule has 0 amide bonds. The third-order valence-corrected chi connectivity index (χ3v) is 0.694. The molecule has 0 spiro atoms. The summed E-state index contributed by atoms with van der Waals surface area (Å²) in [5, 5.41) is 26.4. The molecule has 0 N–H and O–H groups in total. The van der Waals surface area contributed by atoms with Gasteiger partial charge in [0.2, 0.25) is 0 Å². The van der Waals surface area contributed by atoms with Gasteiger partial charge in [-0.25, -0.2) is 0 Å². The second kappa shape index (κ2) is 22.5. The summed E-state index contributed by atoms with van der Waals surface area (Å²) in [6, 6.07) is 0. The van der Waals surface area contributed by atoms with E-state index in [0.717, 1.165) is 0 Å². The number of carbonyl (C=O) groups is 6. The number of alkyl halides is 9. The van der Waals surface area contributed by atoms with Crippen LogP contribution in [0.15, 0.2) is 0 Å². The van der Waals surface area contributed by atoms with Crippen molar-refractivity contribution in [2.24, 2.45) is 0 Å². The Morgan fingerprint density at radius 1 is 0.500 bits per heavy atom. The Labute approximate surface area is 166 Å². The first-order chi connectivity index (χ1) is 11.8.